The molecule has 3 nitrogen and oxygen atoms in total. The van der Waals surface area contributed by atoms with Gasteiger partial charge >= 0.3 is 6.09 Å². The van der Waals surface area contributed by atoms with E-state index >= 15 is 0 Å². The third kappa shape index (κ3) is 5.43. The number of nitrogens with one attached hydrogen (secondary N) is 1. The Hall–Kier alpha value is -0.440. The van der Waals surface area contributed by atoms with E-state index in [1.54, 1.807) is 0 Å². The van der Waals surface area contributed by atoms with Gasteiger partial charge < -0.3 is 10.1 Å². The first-order chi connectivity index (χ1) is 4.31. The highest BCUT2D eigenvalue weighted by Gasteiger charge is 1.89. The maximum absolute atomic E-state index is 10.2. The number of hydrogen-bond acceptors (Lipinski definition) is 2. The molecule has 0 saturated carbocycles. The van der Waals surface area contributed by atoms with Crippen molar-refractivity contribution in [3.8, 4) is 12.0 Å². The molecule has 0 aromatic heterocycles. The Morgan fingerprint density at radius 1 is 1.89 bits per heavy atom. The van der Waals surface area contributed by atoms with Crippen molar-refractivity contribution in [3.05, 3.63) is 0 Å². The van der Waals surface area contributed by atoms with Crippen LogP contribution in [0.4, 0.5) is 4.79 Å². The summed E-state index contributed by atoms with van der Waals surface area (Å²) in [5.74, 6) is 2.57. The predicted octanol–water partition coefficient (Wildman–Crippen LogP) is 0.738. The predicted molar refractivity (Wildman–Crippen MR) is 42.2 cm³/mol. The van der Waals surface area contributed by atoms with E-state index in [0.29, 0.717) is 4.43 Å². The number of carbonyl (C=O) groups is 1. The van der Waals surface area contributed by atoms with Gasteiger partial charge in [-0.25, -0.2) is 4.79 Å². The van der Waals surface area contributed by atoms with Gasteiger partial charge in [0.05, 0.1) is 4.43 Å². The number of alkyl halides is 1. The van der Waals surface area contributed by atoms with Crippen LogP contribution in [0.2, 0.25) is 0 Å². The van der Waals surface area contributed by atoms with E-state index in [4.69, 9.17) is 0 Å². The van der Waals surface area contributed by atoms with Crippen molar-refractivity contribution in [2.24, 2.45) is 0 Å². The highest BCUT2D eigenvalue weighted by Crippen LogP contribution is 1.76. The highest BCUT2D eigenvalue weighted by molar-refractivity contribution is 14.1. The van der Waals surface area contributed by atoms with Crippen LogP contribution >= 0.6 is 22.6 Å². The molecule has 0 atom stereocenters. The van der Waals surface area contributed by atoms with Gasteiger partial charge in [-0.3, -0.25) is 0 Å². The average molecular weight is 239 g/mol. The van der Waals surface area contributed by atoms with Gasteiger partial charge in [-0.2, -0.15) is 0 Å². The smallest absolute Gasteiger partial charge is 0.356 e. The first-order valence-corrected chi connectivity index (χ1v) is 3.76. The van der Waals surface area contributed by atoms with Crippen molar-refractivity contribution in [2.45, 2.75) is 0 Å². The summed E-state index contributed by atoms with van der Waals surface area (Å²) >= 11 is 2.06. The van der Waals surface area contributed by atoms with Crippen LogP contribution < -0.4 is 5.32 Å². The third-order valence-electron chi connectivity index (χ3n) is 0.487. The van der Waals surface area contributed by atoms with Crippen LogP contribution in [0.5, 0.6) is 0 Å². The molecule has 0 aliphatic carbocycles. The fraction of sp³-hybridized carbons (Fsp3) is 0.400. The first-order valence-electron chi connectivity index (χ1n) is 2.23. The summed E-state index contributed by atoms with van der Waals surface area (Å²) in [4.78, 5) is 10.2. The quantitative estimate of drug-likeness (QED) is 0.384. The van der Waals surface area contributed by atoms with Gasteiger partial charge in [-0.15, -0.1) is 0 Å². The Labute approximate surface area is 67.3 Å². The highest BCUT2D eigenvalue weighted by atomic mass is 127. The van der Waals surface area contributed by atoms with Crippen LogP contribution in [0.1, 0.15) is 0 Å². The second kappa shape index (κ2) is 5.69. The minimum Gasteiger partial charge on any atom is -0.356 e. The maximum atomic E-state index is 10.2. The summed E-state index contributed by atoms with van der Waals surface area (Å²) in [5.41, 5.74) is 0. The largest absolute Gasteiger partial charge is 0.420 e. The zero-order valence-electron chi connectivity index (χ0n) is 4.90. The molecule has 0 heterocycles. The lowest BCUT2D eigenvalue weighted by Gasteiger charge is -1.89. The van der Waals surface area contributed by atoms with Crippen LogP contribution in [0.15, 0.2) is 0 Å². The molecule has 4 heteroatoms. The standard InChI is InChI=1S/C5H6INO2/c1-7-5(8)9-4-2-3-6/h3H2,1H3,(H,7,8). The minimum absolute atomic E-state index is 0.521. The third-order valence-corrected chi connectivity index (χ3v) is 0.868. The van der Waals surface area contributed by atoms with Crippen LogP contribution in [-0.4, -0.2) is 17.6 Å². The molecule has 9 heavy (non-hydrogen) atoms. The van der Waals surface area contributed by atoms with E-state index in [1.807, 2.05) is 0 Å². The van der Waals surface area contributed by atoms with E-state index in [-0.39, 0.29) is 0 Å². The summed E-state index contributed by atoms with van der Waals surface area (Å²) in [6, 6.07) is 0. The molecule has 0 saturated heterocycles. The molecule has 50 valence electrons. The second-order valence-electron chi connectivity index (χ2n) is 1.05. The fourth-order valence-corrected chi connectivity index (χ4v) is 0.316. The van der Waals surface area contributed by atoms with Gasteiger partial charge in [-0.05, 0) is 5.92 Å². The van der Waals surface area contributed by atoms with Crippen LogP contribution in [0, 0.1) is 12.0 Å². The van der Waals surface area contributed by atoms with Gasteiger partial charge in [-0.1, -0.05) is 22.6 Å². The van der Waals surface area contributed by atoms with Crippen molar-refractivity contribution in [1.82, 2.24) is 5.32 Å². The molecule has 0 aliphatic rings. The molecule has 0 aromatic rings. The van der Waals surface area contributed by atoms with Gasteiger partial charge in [0.2, 0.25) is 0 Å². The molecule has 1 N–H and O–H groups in total. The normalized spacial score (nSPS) is 6.89. The number of rotatable bonds is 0. The fourth-order valence-electron chi connectivity index (χ4n) is 0.161. The number of amides is 1. The molecule has 0 rings (SSSR count). The number of ether oxygens (including phenoxy) is 1. The van der Waals surface area contributed by atoms with Crippen molar-refractivity contribution in [3.63, 3.8) is 0 Å². The van der Waals surface area contributed by atoms with E-state index in [9.17, 15) is 4.79 Å². The Kier molecular flexibility index (Phi) is 5.41. The Morgan fingerprint density at radius 3 is 3.00 bits per heavy atom. The molecule has 0 spiro atoms. The number of carbonyl (C=O) groups excluding carboxylic acids is 1. The van der Waals surface area contributed by atoms with Gasteiger partial charge in [0, 0.05) is 7.05 Å². The molecule has 0 fully saturated rings. The van der Waals surface area contributed by atoms with Crippen LogP contribution in [0.25, 0.3) is 0 Å². The van der Waals surface area contributed by atoms with Gasteiger partial charge in [0.25, 0.3) is 0 Å². The van der Waals surface area contributed by atoms with Crippen LogP contribution in [-0.2, 0) is 4.74 Å². The summed E-state index contributed by atoms with van der Waals surface area (Å²) in [6.45, 7) is 0. The Morgan fingerprint density at radius 2 is 2.56 bits per heavy atom. The van der Waals surface area contributed by atoms with Gasteiger partial charge in [0.1, 0.15) is 6.11 Å². The average Bonchev–Trinajstić information content (AvgIpc) is 1.89. The van der Waals surface area contributed by atoms with Crippen molar-refractivity contribution in [1.29, 1.82) is 0 Å². The number of alkyl carbamates (subject to hydrolysis) is 1. The number of halogens is 1. The molecule has 0 radical (unpaired) electrons. The van der Waals surface area contributed by atoms with Crippen molar-refractivity contribution < 1.29 is 9.53 Å². The Bertz CT molecular complexity index is 147. The molecular weight excluding hydrogens is 233 g/mol. The van der Waals surface area contributed by atoms with Crippen molar-refractivity contribution >= 4 is 28.7 Å². The lowest BCUT2D eigenvalue weighted by molar-refractivity contribution is 0.194. The molecular formula is C5H6INO2. The van der Waals surface area contributed by atoms with E-state index in [0.717, 1.165) is 0 Å². The lowest BCUT2D eigenvalue weighted by atomic mass is 10.8. The first kappa shape index (κ1) is 8.56. The molecule has 0 bridgehead atoms. The number of hydrogen-bond donors (Lipinski definition) is 1. The maximum Gasteiger partial charge on any atom is 0.420 e. The van der Waals surface area contributed by atoms with E-state index < -0.39 is 6.09 Å². The zero-order chi connectivity index (χ0) is 7.11. The van der Waals surface area contributed by atoms with E-state index in [1.165, 1.54) is 7.05 Å². The summed E-state index contributed by atoms with van der Waals surface area (Å²) in [7, 11) is 1.48. The molecule has 1 amide bonds. The minimum atomic E-state index is -0.521. The summed E-state index contributed by atoms with van der Waals surface area (Å²) in [5, 5.41) is 2.26. The monoisotopic (exact) mass is 239 g/mol. The molecule has 0 aromatic carbocycles. The van der Waals surface area contributed by atoms with Gasteiger partial charge in [0.15, 0.2) is 0 Å². The summed E-state index contributed by atoms with van der Waals surface area (Å²) < 4.78 is 4.98. The molecule has 0 aliphatic heterocycles. The van der Waals surface area contributed by atoms with Crippen LogP contribution in [0.3, 0.4) is 0 Å². The van der Waals surface area contributed by atoms with E-state index in [2.05, 4.69) is 44.7 Å². The zero-order valence-corrected chi connectivity index (χ0v) is 7.06. The lowest BCUT2D eigenvalue weighted by Crippen LogP contribution is -2.16. The second-order valence-corrected chi connectivity index (χ2v) is 1.81. The topological polar surface area (TPSA) is 38.3 Å². The summed E-state index contributed by atoms with van der Waals surface area (Å²) in [6.07, 6.45) is 1.70. The van der Waals surface area contributed by atoms with Crippen molar-refractivity contribution in [2.75, 3.05) is 11.5 Å². The molecule has 0 unspecified atom stereocenters. The SMILES string of the molecule is CNC(=O)OC#CCI. The Balaban J connectivity index is 3.37.